The molecule has 13 heteroatoms. The Hall–Kier alpha value is -3.52. The SMILES string of the molecule is C=C(C)C(C)(F)F.CN(CCOc1ccc(-c2ccc3c(=O)n(CC[C@](C)(C(=O)NO)S(C)=O)ccc3c2)cn1)C1CC1.CO. The predicted molar refractivity (Wildman–Crippen MR) is 173 cm³/mol. The molecule has 0 saturated heterocycles. The number of pyridine rings is 2. The number of halogens is 2. The minimum Gasteiger partial charge on any atom is -0.476 e. The molecule has 1 aliphatic carbocycles. The van der Waals surface area contributed by atoms with Gasteiger partial charge in [0.15, 0.2) is 0 Å². The highest BCUT2D eigenvalue weighted by Gasteiger charge is 2.37. The second kappa shape index (κ2) is 16.7. The van der Waals surface area contributed by atoms with Gasteiger partial charge in [-0.05, 0) is 80.9 Å². The molecule has 1 unspecified atom stereocenters. The Morgan fingerprint density at radius 3 is 2.33 bits per heavy atom. The van der Waals surface area contributed by atoms with Crippen LogP contribution >= 0.6 is 0 Å². The summed E-state index contributed by atoms with van der Waals surface area (Å²) in [4.78, 5) is 31.8. The number of hydrogen-bond acceptors (Lipinski definition) is 8. The monoisotopic (exact) mass is 650 g/mol. The van der Waals surface area contributed by atoms with Gasteiger partial charge in [-0.15, -0.1) is 0 Å². The maximum Gasteiger partial charge on any atom is 0.266 e. The molecule has 3 aromatic rings. The van der Waals surface area contributed by atoms with E-state index in [1.807, 2.05) is 30.3 Å². The summed E-state index contributed by atoms with van der Waals surface area (Å²) in [6, 6.07) is 11.9. The van der Waals surface area contributed by atoms with Gasteiger partial charge < -0.3 is 19.3 Å². The minimum absolute atomic E-state index is 0.0903. The van der Waals surface area contributed by atoms with Crippen LogP contribution in [-0.2, 0) is 22.1 Å². The molecule has 10 nitrogen and oxygen atoms in total. The largest absolute Gasteiger partial charge is 0.476 e. The summed E-state index contributed by atoms with van der Waals surface area (Å²) in [7, 11) is 1.58. The number of nitrogens with zero attached hydrogens (tertiary/aromatic N) is 3. The first-order valence-corrected chi connectivity index (χ1v) is 15.9. The van der Waals surface area contributed by atoms with Crippen molar-refractivity contribution in [3.63, 3.8) is 0 Å². The van der Waals surface area contributed by atoms with E-state index in [1.54, 1.807) is 23.9 Å². The molecule has 1 saturated carbocycles. The number of aliphatic hydroxyl groups excluding tert-OH is 1. The Labute approximate surface area is 265 Å². The molecule has 0 radical (unpaired) electrons. The lowest BCUT2D eigenvalue weighted by molar-refractivity contribution is -0.131. The Kier molecular flexibility index (Phi) is 14.0. The Balaban J connectivity index is 0.000000692. The molecule has 248 valence electrons. The van der Waals surface area contributed by atoms with E-state index in [0.717, 1.165) is 37.1 Å². The van der Waals surface area contributed by atoms with Crippen molar-refractivity contribution < 1.29 is 32.8 Å². The predicted octanol–water partition coefficient (Wildman–Crippen LogP) is 4.40. The molecule has 4 rings (SSSR count). The number of aliphatic hydroxyl groups is 1. The highest BCUT2D eigenvalue weighted by molar-refractivity contribution is 7.86. The number of rotatable bonds is 12. The van der Waals surface area contributed by atoms with E-state index in [9.17, 15) is 22.6 Å². The first-order valence-electron chi connectivity index (χ1n) is 14.4. The number of hydrogen-bond donors (Lipinski definition) is 3. The molecule has 2 heterocycles. The first kappa shape index (κ1) is 37.7. The summed E-state index contributed by atoms with van der Waals surface area (Å²) in [5.41, 5.74) is 3.13. The van der Waals surface area contributed by atoms with Crippen molar-refractivity contribution in [2.75, 3.05) is 33.6 Å². The molecule has 0 bridgehead atoms. The van der Waals surface area contributed by atoms with E-state index in [0.29, 0.717) is 23.9 Å². The van der Waals surface area contributed by atoms with Crippen molar-refractivity contribution in [2.45, 2.75) is 63.3 Å². The third-order valence-corrected chi connectivity index (χ3v) is 9.36. The summed E-state index contributed by atoms with van der Waals surface area (Å²) in [6.45, 7) is 8.37. The standard InChI is InChI=1S/C26H32N4O5S.C5H8F2.CH4O/c1-26(36(3)34,25(32)28-33)11-13-30-12-10-19-16-18(4-8-22(19)24(30)31)20-5-9-23(27-17-20)35-15-14-29(2)21-6-7-21;1-4(2)5(3,6)7;1-2/h4-5,8-10,12,16-17,21,33H,6-7,11,13-15H2,1-3H3,(H,28,32);1H2,2-3H3;2H,1H3/t26-,36?;;/m1../s1. The number of fused-ring (bicyclic) bond motifs is 1. The number of carbonyl (C=O) groups is 1. The van der Waals surface area contributed by atoms with Crippen molar-refractivity contribution in [1.29, 1.82) is 0 Å². The summed E-state index contributed by atoms with van der Waals surface area (Å²) in [5.74, 6) is -2.85. The van der Waals surface area contributed by atoms with Gasteiger partial charge in [-0.2, -0.15) is 0 Å². The molecule has 0 aliphatic heterocycles. The Morgan fingerprint density at radius 2 is 1.82 bits per heavy atom. The summed E-state index contributed by atoms with van der Waals surface area (Å²) < 4.78 is 41.6. The average molecular weight is 651 g/mol. The number of aryl methyl sites for hydroxylation is 1. The molecule has 0 spiro atoms. The molecule has 1 amide bonds. The quantitative estimate of drug-likeness (QED) is 0.149. The van der Waals surface area contributed by atoms with Crippen LogP contribution in [0.2, 0.25) is 0 Å². The van der Waals surface area contributed by atoms with Crippen LogP contribution in [0.25, 0.3) is 21.9 Å². The fourth-order valence-electron chi connectivity index (χ4n) is 4.11. The highest BCUT2D eigenvalue weighted by Crippen LogP contribution is 2.26. The maximum atomic E-state index is 13.0. The van der Waals surface area contributed by atoms with Crippen LogP contribution in [0.5, 0.6) is 5.88 Å². The fraction of sp³-hybridized carbons (Fsp3) is 0.469. The number of alkyl halides is 2. The second-order valence-corrected chi connectivity index (χ2v) is 12.9. The second-order valence-electron chi connectivity index (χ2n) is 11.1. The molecular weight excluding hydrogens is 606 g/mol. The number of likely N-dealkylation sites (N-methyl/N-ethyl adjacent to an activating group) is 1. The molecule has 2 aromatic heterocycles. The summed E-state index contributed by atoms with van der Waals surface area (Å²) in [5, 5.41) is 17.3. The van der Waals surface area contributed by atoms with Crippen molar-refractivity contribution in [3.05, 3.63) is 71.3 Å². The highest BCUT2D eigenvalue weighted by atomic mass is 32.2. The van der Waals surface area contributed by atoms with Crippen LogP contribution < -0.4 is 15.8 Å². The van der Waals surface area contributed by atoms with E-state index in [1.165, 1.54) is 37.5 Å². The van der Waals surface area contributed by atoms with Crippen LogP contribution in [0.1, 0.15) is 40.0 Å². The lowest BCUT2D eigenvalue weighted by Crippen LogP contribution is -2.47. The van der Waals surface area contributed by atoms with Crippen LogP contribution in [0.15, 0.2) is 65.7 Å². The molecule has 45 heavy (non-hydrogen) atoms. The molecular formula is C32H44F2N4O6S. The lowest BCUT2D eigenvalue weighted by atomic mass is 10.0. The van der Waals surface area contributed by atoms with Gasteiger partial charge in [0, 0.05) is 79.6 Å². The maximum absolute atomic E-state index is 13.0. The van der Waals surface area contributed by atoms with E-state index in [-0.39, 0.29) is 24.1 Å². The van der Waals surface area contributed by atoms with Crippen molar-refractivity contribution in [2.24, 2.45) is 0 Å². The number of aromatic nitrogens is 2. The topological polar surface area (TPSA) is 134 Å². The number of benzene rings is 1. The first-order chi connectivity index (χ1) is 21.2. The summed E-state index contributed by atoms with van der Waals surface area (Å²) in [6.07, 6.45) is 7.50. The van der Waals surface area contributed by atoms with E-state index < -0.39 is 27.4 Å². The van der Waals surface area contributed by atoms with E-state index in [2.05, 4.69) is 23.5 Å². The fourth-order valence-corrected chi connectivity index (χ4v) is 4.80. The van der Waals surface area contributed by atoms with Crippen LogP contribution in [-0.4, -0.2) is 85.2 Å². The van der Waals surface area contributed by atoms with Crippen molar-refractivity contribution >= 4 is 27.5 Å². The normalized spacial score (nSPS) is 14.7. The number of allylic oxidation sites excluding steroid dienone is 1. The van der Waals surface area contributed by atoms with Gasteiger partial charge in [0.25, 0.3) is 17.4 Å². The number of carbonyl (C=O) groups excluding carboxylic acids is 1. The molecule has 1 aromatic carbocycles. The van der Waals surface area contributed by atoms with Crippen LogP contribution in [0.4, 0.5) is 8.78 Å². The zero-order chi connectivity index (χ0) is 33.9. The van der Waals surface area contributed by atoms with Gasteiger partial charge in [-0.1, -0.05) is 12.6 Å². The Bertz CT molecular complexity index is 1520. The van der Waals surface area contributed by atoms with Gasteiger partial charge in [-0.25, -0.2) is 19.2 Å². The van der Waals surface area contributed by atoms with Gasteiger partial charge in [-0.3, -0.25) is 19.0 Å². The van der Waals surface area contributed by atoms with Gasteiger partial charge in [0.05, 0.1) is 0 Å². The van der Waals surface area contributed by atoms with Crippen LogP contribution in [0, 0.1) is 0 Å². The third kappa shape index (κ3) is 10.5. The van der Waals surface area contributed by atoms with Gasteiger partial charge in [0.2, 0.25) is 5.88 Å². The van der Waals surface area contributed by atoms with Gasteiger partial charge >= 0.3 is 0 Å². The number of amides is 1. The van der Waals surface area contributed by atoms with Crippen molar-refractivity contribution in [1.82, 2.24) is 19.9 Å². The Morgan fingerprint density at radius 1 is 1.20 bits per heavy atom. The molecule has 2 atom stereocenters. The summed E-state index contributed by atoms with van der Waals surface area (Å²) >= 11 is 0. The zero-order valence-corrected chi connectivity index (χ0v) is 27.5. The van der Waals surface area contributed by atoms with Crippen LogP contribution in [0.3, 0.4) is 0 Å². The number of nitrogens with one attached hydrogen (secondary N) is 1. The molecule has 1 aliphatic rings. The van der Waals surface area contributed by atoms with E-state index >= 15 is 0 Å². The lowest BCUT2D eigenvalue weighted by Gasteiger charge is -2.24. The molecule has 1 fully saturated rings. The number of ether oxygens (including phenoxy) is 1. The minimum atomic E-state index is -2.69. The van der Waals surface area contributed by atoms with Crippen molar-refractivity contribution in [3.8, 4) is 17.0 Å². The average Bonchev–Trinajstić information content (AvgIpc) is 3.87. The third-order valence-electron chi connectivity index (χ3n) is 7.71. The smallest absolute Gasteiger partial charge is 0.266 e. The van der Waals surface area contributed by atoms with Gasteiger partial charge in [0.1, 0.15) is 11.4 Å². The molecule has 3 N–H and O–H groups in total. The zero-order valence-electron chi connectivity index (χ0n) is 26.7. The van der Waals surface area contributed by atoms with E-state index in [4.69, 9.17) is 15.1 Å². The number of hydroxylamine groups is 1.